The van der Waals surface area contributed by atoms with E-state index in [4.69, 9.17) is 9.31 Å². The van der Waals surface area contributed by atoms with Gasteiger partial charge in [0.2, 0.25) is 0 Å². The Morgan fingerprint density at radius 3 is 1.20 bits per heavy atom. The van der Waals surface area contributed by atoms with Crippen molar-refractivity contribution in [2.75, 3.05) is 0 Å². The molecule has 494 valence electrons. The number of rotatable bonds is 12. The van der Waals surface area contributed by atoms with Crippen LogP contribution in [0.1, 0.15) is 27.7 Å². The lowest BCUT2D eigenvalue weighted by atomic mass is 9.77. The van der Waals surface area contributed by atoms with Gasteiger partial charge in [-0.2, -0.15) is 0 Å². The summed E-state index contributed by atoms with van der Waals surface area (Å²) in [6, 6.07) is 78.8. The number of nitrogens with zero attached hydrogens (tertiary/aromatic N) is 2. The third-order valence-corrected chi connectivity index (χ3v) is 137. The molecule has 12 atom stereocenters. The van der Waals surface area contributed by atoms with Crippen molar-refractivity contribution in [3.63, 3.8) is 0 Å². The predicted octanol–water partition coefficient (Wildman–Crippen LogP) is 28.2. The Labute approximate surface area is 617 Å². The molecule has 12 unspecified atom stereocenters. The van der Waals surface area contributed by atoms with Crippen molar-refractivity contribution < 1.29 is 9.31 Å². The van der Waals surface area contributed by atoms with Gasteiger partial charge in [0, 0.05) is 83.1 Å². The predicted molar refractivity (Wildman–Crippen MR) is 496 cm³/mol. The minimum absolute atomic E-state index is 0.0492. The second-order valence-electron chi connectivity index (χ2n) is 23.4. The minimum atomic E-state index is -0.402. The Kier molecular flexibility index (Phi) is 26.9. The number of hydrogen-bond acceptors (Lipinski definition) is 6. The van der Waals surface area contributed by atoms with Gasteiger partial charge < -0.3 is 18.4 Å². The van der Waals surface area contributed by atoms with Crippen molar-refractivity contribution in [2.45, 2.75) is 38.9 Å². The fourth-order valence-electron chi connectivity index (χ4n) is 11.8. The zero-order valence-electron chi connectivity index (χ0n) is 53.1. The van der Waals surface area contributed by atoms with Gasteiger partial charge in [-0.3, -0.25) is 9.59 Å². The van der Waals surface area contributed by atoms with Gasteiger partial charge in [0.05, 0.1) is 39.0 Å². The monoisotopic (exact) mass is 1720 g/mol. The van der Waals surface area contributed by atoms with Crippen LogP contribution in [-0.4, -0.2) is 27.5 Å². The maximum Gasteiger partial charge on any atom is 0.496 e. The number of para-hydroxylation sites is 6. The van der Waals surface area contributed by atoms with Crippen LogP contribution in [0.5, 0.6) is 0 Å². The van der Waals surface area contributed by atoms with Crippen LogP contribution in [0.4, 0.5) is 0 Å². The summed E-state index contributed by atoms with van der Waals surface area (Å²) in [5.74, 6) is 0. The third kappa shape index (κ3) is 16.5. The zero-order chi connectivity index (χ0) is 68.6. The van der Waals surface area contributed by atoms with Gasteiger partial charge in [-0.25, -0.2) is 0 Å². The minimum Gasteiger partial charge on any atom is -0.399 e. The van der Waals surface area contributed by atoms with Crippen molar-refractivity contribution in [1.29, 1.82) is 0 Å². The standard InChI is InChI=1S/C31H19NOS.C24H24BNO2.C13H7BrOS.H21P19/c33-31-24-12-4-8-16-29(24)34-30-18-17-20(19-25(30)31)21-9-1-5-13-26(21)32-27-14-6-2-10-22(27)23-11-3-7-15-28(23)32;1-23(2)24(3,4)28-25(27-23)19-13-7-10-16-22(19)26-20-14-8-5-11-17(20)18-12-6-9-15-21(18)26;14-8-5-6-12-10(7-8)13(15)9-3-1-2-4-11(9)16-12;1-11-16(10)19(17(12(2)3)13(4)5)18(14(6)7)15(8)9/h1-19H;5-16H,1-4H3;1-7H;11H,1-10H2. The van der Waals surface area contributed by atoms with Gasteiger partial charge in [0.1, 0.15) is 0 Å². The first-order chi connectivity index (χ1) is 46.6. The molecule has 0 amide bonds. The first kappa shape index (κ1) is 76.8. The first-order valence-electron chi connectivity index (χ1n) is 30.3. The summed E-state index contributed by atoms with van der Waals surface area (Å²) < 4.78 is 22.5. The van der Waals surface area contributed by atoms with Crippen molar-refractivity contribution in [3.8, 4) is 22.5 Å². The maximum absolute atomic E-state index is 13.3. The molecular formula is C68H71BBrN2O4P19S2. The molecule has 10 aromatic carbocycles. The highest BCUT2D eigenvalue weighted by Crippen LogP contribution is 3.28. The molecule has 0 aliphatic carbocycles. The average molecular weight is 1720 g/mol. The highest BCUT2D eigenvalue weighted by atomic mass is 79.9. The zero-order valence-corrected chi connectivity index (χ0v) is 76.0. The van der Waals surface area contributed by atoms with Gasteiger partial charge in [-0.1, -0.05) is 163 Å². The van der Waals surface area contributed by atoms with E-state index >= 15 is 0 Å². The molecule has 29 heteroatoms. The van der Waals surface area contributed by atoms with E-state index in [0.717, 1.165) is 80.7 Å². The lowest BCUT2D eigenvalue weighted by molar-refractivity contribution is 0.00578. The largest absolute Gasteiger partial charge is 0.496 e. The van der Waals surface area contributed by atoms with Gasteiger partial charge in [-0.05, 0) is 180 Å². The Bertz CT molecular complexity index is 5190. The van der Waals surface area contributed by atoms with Crippen LogP contribution in [0.15, 0.2) is 245 Å². The van der Waals surface area contributed by atoms with E-state index in [1.54, 1.807) is 22.7 Å². The fraction of sp³-hybridized carbons (Fsp3) is 0.0882. The van der Waals surface area contributed by atoms with E-state index in [0.29, 0.717) is 0 Å². The Balaban J connectivity index is 0.000000129. The Morgan fingerprint density at radius 2 is 0.753 bits per heavy atom. The number of fused-ring (bicyclic) bond motifs is 10. The summed E-state index contributed by atoms with van der Waals surface area (Å²) in [5, 5.41) is 8.13. The van der Waals surface area contributed by atoms with Crippen LogP contribution >= 0.6 is 192 Å². The summed E-state index contributed by atoms with van der Waals surface area (Å²) in [5.41, 5.74) is 9.60. The van der Waals surface area contributed by atoms with E-state index in [1.807, 2.05) is 66.7 Å². The molecule has 0 bridgehead atoms. The SMILES string of the molecule is CC1(C)OB(c2ccccc2-n2c3ccccc3c3ccccc32)OC1(C)C.O=c1c2ccccc2sc2ccc(-c3ccccc3-n3c4ccccc4c4ccccc43)cc12.O=c1c2ccccc2sc2ccc(Br)cc12.PPP(P)P(P(P(P)P)P(P)P)P(P(P)P)P(P)P. The molecule has 1 aliphatic heterocycles. The Morgan fingerprint density at radius 1 is 0.402 bits per heavy atom. The normalized spacial score (nSPS) is 14.2. The summed E-state index contributed by atoms with van der Waals surface area (Å²) >= 11 is 6.72. The summed E-state index contributed by atoms with van der Waals surface area (Å²) in [7, 11) is 32.1. The molecule has 0 spiro atoms. The number of hydrogen-bond donors (Lipinski definition) is 0. The molecule has 5 heterocycles. The van der Waals surface area contributed by atoms with E-state index < -0.39 is 7.12 Å². The summed E-state index contributed by atoms with van der Waals surface area (Å²) in [6.45, 7) is 9.23. The van der Waals surface area contributed by atoms with Gasteiger partial charge >= 0.3 is 7.12 Å². The van der Waals surface area contributed by atoms with Crippen LogP contribution < -0.4 is 16.3 Å². The van der Waals surface area contributed by atoms with Gasteiger partial charge in [0.15, 0.2) is 10.9 Å². The molecule has 1 aliphatic rings. The lowest BCUT2D eigenvalue weighted by Crippen LogP contribution is -2.41. The molecule has 97 heavy (non-hydrogen) atoms. The van der Waals surface area contributed by atoms with E-state index in [9.17, 15) is 9.59 Å². The molecule has 1 saturated heterocycles. The Hall–Kier alpha value is 0.215. The molecule has 0 radical (unpaired) electrons. The molecule has 15 rings (SSSR count). The highest BCUT2D eigenvalue weighted by Gasteiger charge is 2.52. The summed E-state index contributed by atoms with van der Waals surface area (Å²) in [4.78, 5) is 25.6. The van der Waals surface area contributed by atoms with E-state index in [-0.39, 0.29) is 78.0 Å². The molecule has 0 saturated carbocycles. The fourth-order valence-corrected chi connectivity index (χ4v) is 233. The van der Waals surface area contributed by atoms with Crippen molar-refractivity contribution in [2.24, 2.45) is 0 Å². The second kappa shape index (κ2) is 34.0. The average Bonchev–Trinajstić information content (AvgIpc) is 1.65. The van der Waals surface area contributed by atoms with Crippen LogP contribution in [0.3, 0.4) is 0 Å². The second-order valence-corrected chi connectivity index (χ2v) is 99.3. The van der Waals surface area contributed by atoms with Gasteiger partial charge in [0.25, 0.3) is 0 Å². The van der Waals surface area contributed by atoms with Crippen LogP contribution in [0, 0.1) is 0 Å². The molecule has 1 fully saturated rings. The van der Waals surface area contributed by atoms with E-state index in [2.05, 4.69) is 306 Å². The van der Waals surface area contributed by atoms with Crippen LogP contribution in [-0.2, 0) is 9.31 Å². The molecule has 4 aromatic heterocycles. The van der Waals surface area contributed by atoms with Gasteiger partial charge in [-0.15, -0.1) is 112 Å². The topological polar surface area (TPSA) is 62.5 Å². The van der Waals surface area contributed by atoms with E-state index in [1.165, 1.54) is 43.6 Å². The number of benzene rings is 10. The number of aromatic nitrogens is 2. The van der Waals surface area contributed by atoms with Crippen molar-refractivity contribution in [3.05, 3.63) is 255 Å². The summed E-state index contributed by atoms with van der Waals surface area (Å²) in [6.07, 6.45) is 0. The smallest absolute Gasteiger partial charge is 0.399 e. The quantitative estimate of drug-likeness (QED) is 0.0695. The maximum atomic E-state index is 13.3. The molecule has 0 N–H and O–H groups in total. The highest BCUT2D eigenvalue weighted by molar-refractivity contribution is 9.34. The van der Waals surface area contributed by atoms with Crippen LogP contribution in [0.2, 0.25) is 0 Å². The first-order valence-corrected chi connectivity index (χ1v) is 66.6. The molecular weight excluding hydrogens is 1650 g/mol. The number of halogens is 1. The van der Waals surface area contributed by atoms with Crippen molar-refractivity contribution >= 4 is 288 Å². The third-order valence-electron chi connectivity index (χ3n) is 16.9. The molecule has 14 aromatic rings. The lowest BCUT2D eigenvalue weighted by Gasteiger charge is -2.44. The van der Waals surface area contributed by atoms with Crippen molar-refractivity contribution in [1.82, 2.24) is 9.13 Å². The molecule has 6 nitrogen and oxygen atoms in total. The van der Waals surface area contributed by atoms with Crippen LogP contribution in [0.25, 0.3) is 106 Å².